The number of carbonyl (C=O) groups excluding carboxylic acids is 2. The summed E-state index contributed by atoms with van der Waals surface area (Å²) in [6.07, 6.45) is 3.20. The number of pyridine rings is 1. The van der Waals surface area contributed by atoms with Gasteiger partial charge in [0.2, 0.25) is 0 Å². The topological polar surface area (TPSA) is 71.5 Å². The summed E-state index contributed by atoms with van der Waals surface area (Å²) in [4.78, 5) is 30.2. The number of amides is 2. The summed E-state index contributed by atoms with van der Waals surface area (Å²) in [7, 11) is 0. The highest BCUT2D eigenvalue weighted by Crippen LogP contribution is 2.15. The Morgan fingerprint density at radius 2 is 1.83 bits per heavy atom. The molecular weight excluding hydrogens is 306 g/mol. The number of rotatable bonds is 3. The van der Waals surface area contributed by atoms with Crippen molar-refractivity contribution in [2.45, 2.75) is 13.0 Å². The number of anilines is 1. The number of aromatic nitrogens is 1. The van der Waals surface area contributed by atoms with E-state index in [-0.39, 0.29) is 17.9 Å². The van der Waals surface area contributed by atoms with Gasteiger partial charge >= 0.3 is 0 Å². The largest absolute Gasteiger partial charge is 0.375 e. The van der Waals surface area contributed by atoms with Crippen LogP contribution in [-0.2, 0) is 4.74 Å². The van der Waals surface area contributed by atoms with Crippen LogP contribution in [0.4, 0.5) is 5.69 Å². The molecular formula is C18H19N3O3. The highest BCUT2D eigenvalue weighted by Gasteiger charge is 2.22. The van der Waals surface area contributed by atoms with Crippen molar-refractivity contribution in [1.29, 1.82) is 0 Å². The average molecular weight is 325 g/mol. The summed E-state index contributed by atoms with van der Waals surface area (Å²) in [6.45, 7) is 3.72. The zero-order chi connectivity index (χ0) is 16.9. The van der Waals surface area contributed by atoms with Crippen LogP contribution < -0.4 is 5.32 Å². The van der Waals surface area contributed by atoms with Crippen molar-refractivity contribution < 1.29 is 14.3 Å². The molecule has 24 heavy (non-hydrogen) atoms. The zero-order valence-corrected chi connectivity index (χ0v) is 13.4. The van der Waals surface area contributed by atoms with Gasteiger partial charge in [0, 0.05) is 42.3 Å². The molecule has 6 heteroatoms. The smallest absolute Gasteiger partial charge is 0.255 e. The first kappa shape index (κ1) is 16.1. The molecule has 6 nitrogen and oxygen atoms in total. The fraction of sp³-hybridized carbons (Fsp3) is 0.278. The highest BCUT2D eigenvalue weighted by atomic mass is 16.5. The molecule has 0 spiro atoms. The van der Waals surface area contributed by atoms with Gasteiger partial charge in [0.05, 0.1) is 12.7 Å². The van der Waals surface area contributed by atoms with Crippen LogP contribution >= 0.6 is 0 Å². The van der Waals surface area contributed by atoms with Crippen LogP contribution in [0.1, 0.15) is 27.6 Å². The number of nitrogens with one attached hydrogen (secondary N) is 1. The summed E-state index contributed by atoms with van der Waals surface area (Å²) >= 11 is 0. The number of hydrogen-bond donors (Lipinski definition) is 1. The van der Waals surface area contributed by atoms with E-state index in [9.17, 15) is 9.59 Å². The molecule has 0 saturated carbocycles. The number of morpholine rings is 1. The van der Waals surface area contributed by atoms with Crippen LogP contribution in [0.25, 0.3) is 0 Å². The molecule has 1 unspecified atom stereocenters. The molecule has 1 atom stereocenters. The molecule has 0 radical (unpaired) electrons. The summed E-state index contributed by atoms with van der Waals surface area (Å²) in [5.74, 6) is -0.226. The molecule has 2 heterocycles. The Kier molecular flexibility index (Phi) is 4.86. The van der Waals surface area contributed by atoms with Crippen molar-refractivity contribution in [1.82, 2.24) is 9.88 Å². The summed E-state index contributed by atoms with van der Waals surface area (Å²) in [5.41, 5.74) is 1.78. The maximum atomic E-state index is 12.5. The lowest BCUT2D eigenvalue weighted by molar-refractivity contribution is -0.0124. The van der Waals surface area contributed by atoms with Crippen molar-refractivity contribution in [3.8, 4) is 0 Å². The Balaban J connectivity index is 1.65. The van der Waals surface area contributed by atoms with Crippen molar-refractivity contribution in [2.24, 2.45) is 0 Å². The van der Waals surface area contributed by atoms with E-state index >= 15 is 0 Å². The van der Waals surface area contributed by atoms with Crippen LogP contribution in [0.2, 0.25) is 0 Å². The minimum absolute atomic E-state index is 0.0165. The molecule has 3 rings (SSSR count). The highest BCUT2D eigenvalue weighted by molar-refractivity contribution is 6.04. The molecule has 1 aromatic heterocycles. The Bertz CT molecular complexity index is 716. The van der Waals surface area contributed by atoms with E-state index < -0.39 is 0 Å². The number of hydrogen-bond acceptors (Lipinski definition) is 4. The zero-order valence-electron chi connectivity index (χ0n) is 13.4. The first-order valence-electron chi connectivity index (χ1n) is 7.86. The van der Waals surface area contributed by atoms with E-state index in [0.29, 0.717) is 36.5 Å². The maximum absolute atomic E-state index is 12.5. The second-order valence-electron chi connectivity index (χ2n) is 5.70. The minimum atomic E-state index is -0.210. The first-order valence-corrected chi connectivity index (χ1v) is 7.86. The minimum Gasteiger partial charge on any atom is -0.375 e. The molecule has 0 aliphatic carbocycles. The summed E-state index contributed by atoms with van der Waals surface area (Å²) in [5, 5.41) is 2.80. The van der Waals surface area contributed by atoms with Gasteiger partial charge in [0.15, 0.2) is 0 Å². The molecule has 1 aliphatic rings. The Hall–Kier alpha value is -2.73. The molecule has 1 N–H and O–H groups in total. The van der Waals surface area contributed by atoms with E-state index in [4.69, 9.17) is 4.74 Å². The number of carbonyl (C=O) groups is 2. The summed E-state index contributed by atoms with van der Waals surface area (Å²) in [6, 6.07) is 10.2. The van der Waals surface area contributed by atoms with Crippen molar-refractivity contribution in [3.05, 3.63) is 59.9 Å². The molecule has 1 aromatic carbocycles. The maximum Gasteiger partial charge on any atom is 0.255 e. The SMILES string of the molecule is CC1CN(C(=O)c2ccc(NC(=O)c3ccncc3)cc2)CCO1. The number of nitrogens with zero attached hydrogens (tertiary/aromatic N) is 2. The van der Waals surface area contributed by atoms with E-state index in [1.807, 2.05) is 6.92 Å². The standard InChI is InChI=1S/C18H19N3O3/c1-13-12-21(10-11-24-13)18(23)15-2-4-16(5-3-15)20-17(22)14-6-8-19-9-7-14/h2-9,13H,10-12H2,1H3,(H,20,22). The van der Waals surface area contributed by atoms with Gasteiger partial charge in [-0.1, -0.05) is 0 Å². The second-order valence-corrected chi connectivity index (χ2v) is 5.70. The lowest BCUT2D eigenvalue weighted by atomic mass is 10.1. The van der Waals surface area contributed by atoms with Crippen LogP contribution in [0.3, 0.4) is 0 Å². The van der Waals surface area contributed by atoms with Gasteiger partial charge in [0.25, 0.3) is 11.8 Å². The normalized spacial score (nSPS) is 17.4. The third-order valence-electron chi connectivity index (χ3n) is 3.86. The van der Waals surface area contributed by atoms with Crippen LogP contribution in [0.15, 0.2) is 48.8 Å². The van der Waals surface area contributed by atoms with Gasteiger partial charge in [-0.2, -0.15) is 0 Å². The molecule has 1 aliphatic heterocycles. The predicted molar refractivity (Wildman–Crippen MR) is 89.9 cm³/mol. The molecule has 2 amide bonds. The second kappa shape index (κ2) is 7.23. The lowest BCUT2D eigenvalue weighted by Gasteiger charge is -2.31. The van der Waals surface area contributed by atoms with Gasteiger partial charge < -0.3 is 15.0 Å². The van der Waals surface area contributed by atoms with Gasteiger partial charge in [-0.15, -0.1) is 0 Å². The molecule has 124 valence electrons. The Morgan fingerprint density at radius 1 is 1.12 bits per heavy atom. The Morgan fingerprint density at radius 3 is 2.50 bits per heavy atom. The summed E-state index contributed by atoms with van der Waals surface area (Å²) < 4.78 is 5.45. The predicted octanol–water partition coefficient (Wildman–Crippen LogP) is 2.19. The van der Waals surface area contributed by atoms with E-state index in [2.05, 4.69) is 10.3 Å². The van der Waals surface area contributed by atoms with Gasteiger partial charge in [0.1, 0.15) is 0 Å². The molecule has 1 fully saturated rings. The van der Waals surface area contributed by atoms with E-state index in [1.54, 1.807) is 53.7 Å². The van der Waals surface area contributed by atoms with E-state index in [1.165, 1.54) is 0 Å². The van der Waals surface area contributed by atoms with E-state index in [0.717, 1.165) is 0 Å². The monoisotopic (exact) mass is 325 g/mol. The van der Waals surface area contributed by atoms with Crippen LogP contribution in [0.5, 0.6) is 0 Å². The fourth-order valence-corrected chi connectivity index (χ4v) is 2.59. The third-order valence-corrected chi connectivity index (χ3v) is 3.86. The van der Waals surface area contributed by atoms with Gasteiger partial charge in [-0.3, -0.25) is 14.6 Å². The fourth-order valence-electron chi connectivity index (χ4n) is 2.59. The van der Waals surface area contributed by atoms with Crippen molar-refractivity contribution >= 4 is 17.5 Å². The van der Waals surface area contributed by atoms with Gasteiger partial charge in [-0.05, 0) is 43.3 Å². The third kappa shape index (κ3) is 3.78. The first-order chi connectivity index (χ1) is 11.6. The quantitative estimate of drug-likeness (QED) is 0.939. The van der Waals surface area contributed by atoms with Crippen molar-refractivity contribution in [3.63, 3.8) is 0 Å². The molecule has 0 bridgehead atoms. The Labute approximate surface area is 140 Å². The molecule has 2 aromatic rings. The van der Waals surface area contributed by atoms with Gasteiger partial charge in [-0.25, -0.2) is 0 Å². The lowest BCUT2D eigenvalue weighted by Crippen LogP contribution is -2.44. The number of ether oxygens (including phenoxy) is 1. The van der Waals surface area contributed by atoms with Crippen LogP contribution in [-0.4, -0.2) is 47.5 Å². The average Bonchev–Trinajstić information content (AvgIpc) is 2.62. The molecule has 1 saturated heterocycles. The van der Waals surface area contributed by atoms with Crippen molar-refractivity contribution in [2.75, 3.05) is 25.0 Å². The van der Waals surface area contributed by atoms with Crippen LogP contribution in [0, 0.1) is 0 Å². The number of benzene rings is 1.